The van der Waals surface area contributed by atoms with Crippen molar-refractivity contribution in [2.45, 2.75) is 12.8 Å². The fourth-order valence-corrected chi connectivity index (χ4v) is 2.06. The first-order chi connectivity index (χ1) is 4.77. The molecule has 2 aliphatic carbocycles. The van der Waals surface area contributed by atoms with Crippen molar-refractivity contribution in [3.05, 3.63) is 12.2 Å². The molecule has 2 rings (SSSR count). The zero-order valence-corrected chi connectivity index (χ0v) is 5.66. The van der Waals surface area contributed by atoms with E-state index in [4.69, 9.17) is 5.11 Å². The predicted molar refractivity (Wildman–Crippen MR) is 36.5 cm³/mol. The summed E-state index contributed by atoms with van der Waals surface area (Å²) >= 11 is 0. The van der Waals surface area contributed by atoms with Crippen molar-refractivity contribution >= 4 is 5.97 Å². The monoisotopic (exact) mass is 138 g/mol. The minimum Gasteiger partial charge on any atom is -0.481 e. The van der Waals surface area contributed by atoms with Gasteiger partial charge in [-0.25, -0.2) is 0 Å². The lowest BCUT2D eigenvalue weighted by atomic mass is 9.94. The lowest BCUT2D eigenvalue weighted by Crippen LogP contribution is -2.17. The average Bonchev–Trinajstić information content (AvgIpc) is 2.44. The molecule has 10 heavy (non-hydrogen) atoms. The van der Waals surface area contributed by atoms with Crippen LogP contribution in [0.1, 0.15) is 12.8 Å². The fourth-order valence-electron chi connectivity index (χ4n) is 2.06. The van der Waals surface area contributed by atoms with Crippen molar-refractivity contribution in [2.24, 2.45) is 17.8 Å². The minimum absolute atomic E-state index is 0.0741. The van der Waals surface area contributed by atoms with E-state index in [9.17, 15) is 4.79 Å². The third kappa shape index (κ3) is 0.681. The second-order valence-corrected chi connectivity index (χ2v) is 3.22. The molecular weight excluding hydrogens is 128 g/mol. The maximum Gasteiger partial charge on any atom is 0.307 e. The van der Waals surface area contributed by atoms with Crippen molar-refractivity contribution in [2.75, 3.05) is 0 Å². The molecule has 0 amide bonds. The SMILES string of the molecule is O=C(O)[C@@H]1C[C@H]2C=C[C@H]1C2. The van der Waals surface area contributed by atoms with Crippen molar-refractivity contribution < 1.29 is 9.90 Å². The predicted octanol–water partition coefficient (Wildman–Crippen LogP) is 1.28. The molecule has 1 fully saturated rings. The fraction of sp³-hybridized carbons (Fsp3) is 0.625. The Morgan fingerprint density at radius 2 is 2.20 bits per heavy atom. The Hall–Kier alpha value is -0.790. The highest BCUT2D eigenvalue weighted by molar-refractivity contribution is 5.71. The van der Waals surface area contributed by atoms with E-state index < -0.39 is 5.97 Å². The van der Waals surface area contributed by atoms with Crippen LogP contribution in [0.15, 0.2) is 12.2 Å². The maximum atomic E-state index is 10.6. The Morgan fingerprint density at radius 1 is 1.40 bits per heavy atom. The van der Waals surface area contributed by atoms with Gasteiger partial charge in [0, 0.05) is 0 Å². The van der Waals surface area contributed by atoms with E-state index in [0.29, 0.717) is 11.8 Å². The zero-order chi connectivity index (χ0) is 7.14. The minimum atomic E-state index is -0.614. The first-order valence-corrected chi connectivity index (χ1v) is 3.68. The number of carbonyl (C=O) groups is 1. The van der Waals surface area contributed by atoms with Crippen molar-refractivity contribution in [1.29, 1.82) is 0 Å². The average molecular weight is 138 g/mol. The summed E-state index contributed by atoms with van der Waals surface area (Å²) in [5.41, 5.74) is 0. The number of rotatable bonds is 1. The number of carboxylic acids is 1. The molecule has 1 N–H and O–H groups in total. The summed E-state index contributed by atoms with van der Waals surface area (Å²) in [7, 11) is 0. The third-order valence-corrected chi connectivity index (χ3v) is 2.60. The molecule has 0 spiro atoms. The number of allylic oxidation sites excluding steroid dienone is 2. The maximum absolute atomic E-state index is 10.6. The molecule has 0 aromatic heterocycles. The van der Waals surface area contributed by atoms with Gasteiger partial charge in [-0.05, 0) is 24.7 Å². The third-order valence-electron chi connectivity index (χ3n) is 2.60. The van der Waals surface area contributed by atoms with Gasteiger partial charge in [0.25, 0.3) is 0 Å². The van der Waals surface area contributed by atoms with E-state index in [1.807, 2.05) is 0 Å². The number of fused-ring (bicyclic) bond motifs is 2. The first-order valence-electron chi connectivity index (χ1n) is 3.68. The molecule has 54 valence electrons. The van der Waals surface area contributed by atoms with Crippen LogP contribution in [0.5, 0.6) is 0 Å². The van der Waals surface area contributed by atoms with E-state index in [0.717, 1.165) is 12.8 Å². The molecule has 1 saturated carbocycles. The Morgan fingerprint density at radius 3 is 2.50 bits per heavy atom. The van der Waals surface area contributed by atoms with E-state index in [2.05, 4.69) is 12.2 Å². The Labute approximate surface area is 59.5 Å². The molecule has 0 radical (unpaired) electrons. The molecule has 3 atom stereocenters. The largest absolute Gasteiger partial charge is 0.481 e. The molecule has 0 heterocycles. The summed E-state index contributed by atoms with van der Waals surface area (Å²) in [6, 6.07) is 0. The standard InChI is InChI=1S/C8H10O2/c9-8(10)7-4-5-1-2-6(7)3-5/h1-2,5-7H,3-4H2,(H,9,10)/t5-,6-,7+/m0/s1. The van der Waals surface area contributed by atoms with Crippen LogP contribution in [0.3, 0.4) is 0 Å². The van der Waals surface area contributed by atoms with Gasteiger partial charge in [-0.2, -0.15) is 0 Å². The molecule has 0 saturated heterocycles. The van der Waals surface area contributed by atoms with Crippen LogP contribution in [0.2, 0.25) is 0 Å². The lowest BCUT2D eigenvalue weighted by Gasteiger charge is -2.11. The summed E-state index contributed by atoms with van der Waals surface area (Å²) < 4.78 is 0. The highest BCUT2D eigenvalue weighted by atomic mass is 16.4. The van der Waals surface area contributed by atoms with Crippen LogP contribution >= 0.6 is 0 Å². The summed E-state index contributed by atoms with van der Waals surface area (Å²) in [5.74, 6) is 0.237. The Balaban J connectivity index is 2.16. The van der Waals surface area contributed by atoms with Crippen molar-refractivity contribution in [3.8, 4) is 0 Å². The number of aliphatic carboxylic acids is 1. The summed E-state index contributed by atoms with van der Waals surface area (Å²) in [6.07, 6.45) is 6.17. The van der Waals surface area contributed by atoms with Gasteiger partial charge in [0.1, 0.15) is 0 Å². The zero-order valence-electron chi connectivity index (χ0n) is 5.66. The van der Waals surface area contributed by atoms with Gasteiger partial charge in [-0.1, -0.05) is 12.2 Å². The number of carboxylic acid groups (broad SMARTS) is 1. The molecule has 0 aliphatic heterocycles. The van der Waals surface area contributed by atoms with Crippen LogP contribution in [0.25, 0.3) is 0 Å². The quantitative estimate of drug-likeness (QED) is 0.554. The van der Waals surface area contributed by atoms with E-state index in [1.165, 1.54) is 0 Å². The molecule has 2 bridgehead atoms. The summed E-state index contributed by atoms with van der Waals surface area (Å²) in [4.78, 5) is 10.6. The highest BCUT2D eigenvalue weighted by Gasteiger charge is 2.39. The van der Waals surface area contributed by atoms with Gasteiger partial charge in [0.15, 0.2) is 0 Å². The topological polar surface area (TPSA) is 37.3 Å². The first kappa shape index (κ1) is 5.96. The van der Waals surface area contributed by atoms with Crippen LogP contribution in [-0.2, 0) is 4.79 Å². The number of hydrogen-bond acceptors (Lipinski definition) is 1. The molecule has 2 aliphatic rings. The van der Waals surface area contributed by atoms with Gasteiger partial charge in [0.05, 0.1) is 5.92 Å². The molecule has 0 unspecified atom stereocenters. The van der Waals surface area contributed by atoms with Gasteiger partial charge < -0.3 is 5.11 Å². The van der Waals surface area contributed by atoms with E-state index in [-0.39, 0.29) is 5.92 Å². The number of hydrogen-bond donors (Lipinski definition) is 1. The second kappa shape index (κ2) is 1.84. The highest BCUT2D eigenvalue weighted by Crippen LogP contribution is 2.43. The van der Waals surface area contributed by atoms with Gasteiger partial charge in [-0.3, -0.25) is 4.79 Å². The van der Waals surface area contributed by atoms with Crippen LogP contribution in [0.4, 0.5) is 0 Å². The molecular formula is C8H10O2. The molecule has 2 heteroatoms. The summed E-state index contributed by atoms with van der Waals surface area (Å²) in [6.45, 7) is 0. The summed E-state index contributed by atoms with van der Waals surface area (Å²) in [5, 5.41) is 8.70. The van der Waals surface area contributed by atoms with Crippen molar-refractivity contribution in [1.82, 2.24) is 0 Å². The van der Waals surface area contributed by atoms with Crippen molar-refractivity contribution in [3.63, 3.8) is 0 Å². The van der Waals surface area contributed by atoms with Gasteiger partial charge >= 0.3 is 5.97 Å². The van der Waals surface area contributed by atoms with E-state index in [1.54, 1.807) is 0 Å². The molecule has 0 aromatic carbocycles. The smallest absolute Gasteiger partial charge is 0.307 e. The Kier molecular flexibility index (Phi) is 1.10. The molecule has 2 nitrogen and oxygen atoms in total. The second-order valence-electron chi connectivity index (χ2n) is 3.22. The van der Waals surface area contributed by atoms with Crippen LogP contribution in [0, 0.1) is 17.8 Å². The van der Waals surface area contributed by atoms with Crippen LogP contribution in [-0.4, -0.2) is 11.1 Å². The molecule has 0 aromatic rings. The van der Waals surface area contributed by atoms with E-state index >= 15 is 0 Å². The van der Waals surface area contributed by atoms with Gasteiger partial charge in [0.2, 0.25) is 0 Å². The lowest BCUT2D eigenvalue weighted by molar-refractivity contribution is -0.142. The van der Waals surface area contributed by atoms with Crippen LogP contribution < -0.4 is 0 Å². The van der Waals surface area contributed by atoms with Gasteiger partial charge in [-0.15, -0.1) is 0 Å². The normalized spacial score (nSPS) is 42.6. The Bertz CT molecular complexity index is 195.